The first-order chi connectivity index (χ1) is 21.5. The third-order valence-corrected chi connectivity index (χ3v) is 8.78. The molecule has 0 aromatic heterocycles. The fourth-order valence-corrected chi connectivity index (χ4v) is 5.90. The van der Waals surface area contributed by atoms with Gasteiger partial charge in [-0.1, -0.05) is 26.0 Å². The predicted molar refractivity (Wildman–Crippen MR) is 165 cm³/mol. The fraction of sp³-hybridized carbons (Fsp3) is 0.636. The van der Waals surface area contributed by atoms with Crippen LogP contribution in [-0.2, 0) is 44.7 Å². The molecule has 0 unspecified atom stereocenters. The smallest absolute Gasteiger partial charge is 0.235 e. The van der Waals surface area contributed by atoms with Gasteiger partial charge in [0.25, 0.3) is 0 Å². The fourth-order valence-electron chi connectivity index (χ4n) is 5.90. The summed E-state index contributed by atoms with van der Waals surface area (Å²) in [5.41, 5.74) is 1.00. The second-order valence-corrected chi connectivity index (χ2v) is 12.8. The molecule has 0 atom stereocenters. The number of ether oxygens (including phenoxy) is 2. The molecule has 6 amide bonds. The van der Waals surface area contributed by atoms with Gasteiger partial charge in [0.2, 0.25) is 35.4 Å². The van der Waals surface area contributed by atoms with E-state index in [4.69, 9.17) is 9.47 Å². The van der Waals surface area contributed by atoms with Crippen molar-refractivity contribution in [3.8, 4) is 0 Å². The summed E-state index contributed by atoms with van der Waals surface area (Å²) in [6.07, 6.45) is 4.85. The minimum Gasteiger partial charge on any atom is -0.379 e. The molecule has 1 saturated carbocycles. The van der Waals surface area contributed by atoms with Crippen molar-refractivity contribution in [3.63, 3.8) is 0 Å². The molecular weight excluding hydrogens is 580 g/mol. The van der Waals surface area contributed by atoms with Crippen LogP contribution in [0.4, 0.5) is 5.69 Å². The number of hydrogen-bond donors (Lipinski definition) is 2. The van der Waals surface area contributed by atoms with Gasteiger partial charge in [0.1, 0.15) is 0 Å². The monoisotopic (exact) mass is 626 g/mol. The van der Waals surface area contributed by atoms with Crippen LogP contribution in [0.15, 0.2) is 24.3 Å². The Morgan fingerprint density at radius 1 is 0.889 bits per heavy atom. The van der Waals surface area contributed by atoms with Crippen molar-refractivity contribution in [1.82, 2.24) is 15.1 Å². The van der Waals surface area contributed by atoms with Gasteiger partial charge in [0.15, 0.2) is 0 Å². The molecule has 246 valence electrons. The minimum absolute atomic E-state index is 0.0124. The van der Waals surface area contributed by atoms with E-state index in [0.29, 0.717) is 58.0 Å². The number of anilines is 1. The van der Waals surface area contributed by atoms with Crippen LogP contribution in [0.5, 0.6) is 0 Å². The topological polar surface area (TPSA) is 151 Å². The van der Waals surface area contributed by atoms with Crippen molar-refractivity contribution >= 4 is 41.1 Å². The Hall–Kier alpha value is -3.64. The number of nitrogens with zero attached hydrogens (tertiary/aromatic N) is 2. The zero-order chi connectivity index (χ0) is 32.4. The summed E-state index contributed by atoms with van der Waals surface area (Å²) in [6.45, 7) is 6.29. The Labute approximate surface area is 264 Å². The highest BCUT2D eigenvalue weighted by Crippen LogP contribution is 2.35. The first kappa shape index (κ1) is 34.2. The summed E-state index contributed by atoms with van der Waals surface area (Å²) in [7, 11) is 0. The van der Waals surface area contributed by atoms with Crippen LogP contribution in [0.3, 0.4) is 0 Å². The highest BCUT2D eigenvalue weighted by atomic mass is 16.5. The maximum atomic E-state index is 12.6. The number of aryl methyl sites for hydroxylation is 1. The van der Waals surface area contributed by atoms with E-state index in [1.807, 2.05) is 26.0 Å². The largest absolute Gasteiger partial charge is 0.379 e. The van der Waals surface area contributed by atoms with Gasteiger partial charge >= 0.3 is 0 Å². The minimum atomic E-state index is -0.612. The lowest BCUT2D eigenvalue weighted by Gasteiger charge is -2.30. The number of amides is 6. The lowest BCUT2D eigenvalue weighted by atomic mass is 9.81. The number of benzene rings is 1. The third-order valence-electron chi connectivity index (χ3n) is 8.78. The lowest BCUT2D eigenvalue weighted by Crippen LogP contribution is -2.47. The number of carbonyl (C=O) groups excluding carboxylic acids is 6. The van der Waals surface area contributed by atoms with Gasteiger partial charge in [-0.05, 0) is 55.7 Å². The first-order valence-electron chi connectivity index (χ1n) is 16.0. The molecule has 12 heteroatoms. The van der Waals surface area contributed by atoms with Gasteiger partial charge in [-0.3, -0.25) is 38.6 Å². The molecule has 12 nitrogen and oxygen atoms in total. The van der Waals surface area contributed by atoms with Gasteiger partial charge in [-0.15, -0.1) is 0 Å². The molecule has 2 N–H and O–H groups in total. The molecule has 1 aromatic rings. The van der Waals surface area contributed by atoms with Crippen LogP contribution >= 0.6 is 0 Å². The summed E-state index contributed by atoms with van der Waals surface area (Å²) in [6, 6.07) is 7.28. The molecule has 1 aliphatic carbocycles. The van der Waals surface area contributed by atoms with Crippen LogP contribution in [0.1, 0.15) is 70.8 Å². The van der Waals surface area contributed by atoms with Crippen LogP contribution in [0.25, 0.3) is 0 Å². The molecule has 0 bridgehead atoms. The number of imide groups is 2. The van der Waals surface area contributed by atoms with E-state index >= 15 is 0 Å². The molecule has 0 spiro atoms. The second-order valence-electron chi connectivity index (χ2n) is 12.8. The maximum Gasteiger partial charge on any atom is 0.235 e. The van der Waals surface area contributed by atoms with Crippen molar-refractivity contribution in [2.45, 2.75) is 71.6 Å². The molecule has 2 aliphatic heterocycles. The molecule has 3 aliphatic rings. The summed E-state index contributed by atoms with van der Waals surface area (Å²) in [5.74, 6) is -0.416. The zero-order valence-electron chi connectivity index (χ0n) is 26.4. The van der Waals surface area contributed by atoms with Crippen molar-refractivity contribution < 1.29 is 38.2 Å². The normalized spacial score (nSPS) is 21.1. The number of likely N-dealkylation sites (tertiary alicyclic amines) is 2. The number of nitrogens with one attached hydrogen (secondary N) is 2. The van der Waals surface area contributed by atoms with Crippen molar-refractivity contribution in [2.75, 3.05) is 51.4 Å². The molecule has 1 aromatic carbocycles. The summed E-state index contributed by atoms with van der Waals surface area (Å²) in [4.78, 5) is 75.5. The number of carbonyl (C=O) groups is 6. The molecular formula is C33H46N4O8. The van der Waals surface area contributed by atoms with Crippen LogP contribution in [0.2, 0.25) is 0 Å². The Morgan fingerprint density at radius 2 is 1.58 bits per heavy atom. The molecule has 0 radical (unpaired) electrons. The maximum absolute atomic E-state index is 12.6. The van der Waals surface area contributed by atoms with E-state index in [0.717, 1.165) is 31.2 Å². The van der Waals surface area contributed by atoms with Gasteiger partial charge < -0.3 is 20.1 Å². The van der Waals surface area contributed by atoms with Gasteiger partial charge in [-0.2, -0.15) is 0 Å². The lowest BCUT2D eigenvalue weighted by molar-refractivity contribution is -0.152. The van der Waals surface area contributed by atoms with E-state index < -0.39 is 5.41 Å². The predicted octanol–water partition coefficient (Wildman–Crippen LogP) is 2.45. The van der Waals surface area contributed by atoms with E-state index in [9.17, 15) is 28.8 Å². The molecule has 2 saturated heterocycles. The van der Waals surface area contributed by atoms with Crippen molar-refractivity contribution in [1.29, 1.82) is 0 Å². The van der Waals surface area contributed by atoms with E-state index in [2.05, 4.69) is 10.6 Å². The Morgan fingerprint density at radius 3 is 2.18 bits per heavy atom. The Balaban J connectivity index is 0.971. The van der Waals surface area contributed by atoms with E-state index in [1.54, 1.807) is 12.1 Å². The first-order valence-corrected chi connectivity index (χ1v) is 16.0. The summed E-state index contributed by atoms with van der Waals surface area (Å²) in [5, 5.41) is 5.74. The third kappa shape index (κ3) is 9.92. The van der Waals surface area contributed by atoms with Crippen molar-refractivity contribution in [3.05, 3.63) is 29.8 Å². The van der Waals surface area contributed by atoms with Gasteiger partial charge in [0.05, 0.1) is 38.3 Å². The average Bonchev–Trinajstić information content (AvgIpc) is 3.20. The number of β-lactam (4-membered cyclic amide) rings is 1. The zero-order valence-corrected chi connectivity index (χ0v) is 26.4. The van der Waals surface area contributed by atoms with Gasteiger partial charge in [0, 0.05) is 50.5 Å². The molecule has 45 heavy (non-hydrogen) atoms. The highest BCUT2D eigenvalue weighted by Gasteiger charge is 2.45. The quantitative estimate of drug-likeness (QED) is 0.161. The van der Waals surface area contributed by atoms with Gasteiger partial charge in [-0.25, -0.2) is 0 Å². The highest BCUT2D eigenvalue weighted by molar-refractivity contribution is 6.05. The Kier molecular flexibility index (Phi) is 12.2. The summed E-state index contributed by atoms with van der Waals surface area (Å²) >= 11 is 0. The molecule has 2 heterocycles. The van der Waals surface area contributed by atoms with Crippen LogP contribution < -0.4 is 10.6 Å². The Bertz CT molecular complexity index is 1240. The van der Waals surface area contributed by atoms with E-state index in [1.165, 1.54) is 9.80 Å². The second kappa shape index (κ2) is 16.1. The van der Waals surface area contributed by atoms with E-state index in [-0.39, 0.29) is 73.1 Å². The average molecular weight is 627 g/mol. The standard InChI is InChI=1S/C33H46N4O8/c1-33(2)21-30(41)37(32(33)43)22-24-3-8-25(9-4-24)31(42)34-15-18-45-20-19-44-17-14-27(38)35-26-10-5-23(6-11-26)7-12-28(39)36-16-13-29(36)40/h5-6,10-11,24-25H,3-4,7-9,12-22H2,1-2H3,(H,34,42)(H,35,38). The van der Waals surface area contributed by atoms with Crippen molar-refractivity contribution in [2.24, 2.45) is 17.3 Å². The number of hydrogen-bond acceptors (Lipinski definition) is 8. The molecule has 4 rings (SSSR count). The summed E-state index contributed by atoms with van der Waals surface area (Å²) < 4.78 is 11.0. The van der Waals surface area contributed by atoms with Crippen LogP contribution in [0, 0.1) is 17.3 Å². The van der Waals surface area contributed by atoms with Crippen LogP contribution in [-0.4, -0.2) is 91.3 Å². The molecule has 3 fully saturated rings. The number of rotatable bonds is 16. The SMILES string of the molecule is CC1(C)CC(=O)N(CC2CCC(C(=O)NCCOCCOCCC(=O)Nc3ccc(CCC(=O)N4CCC4=O)cc3)CC2)C1=O.